The Balaban J connectivity index is 0.00000176. The highest BCUT2D eigenvalue weighted by Crippen LogP contribution is 2.29. The molecule has 2 heterocycles. The quantitative estimate of drug-likeness (QED) is 0.857. The molecule has 2 atom stereocenters. The van der Waals surface area contributed by atoms with Gasteiger partial charge in [0.1, 0.15) is 5.82 Å². The lowest BCUT2D eigenvalue weighted by Gasteiger charge is -2.35. The van der Waals surface area contributed by atoms with Gasteiger partial charge in [-0.3, -0.25) is 4.79 Å². The SMILES string of the molecule is CN(C(=O)Cc1ccc(F)c(Br)c1)C1CC2CCC(C1)N2.Cl. The number of hydrogen-bond acceptors (Lipinski definition) is 2. The fraction of sp³-hybridized carbons (Fsp3) is 0.562. The Bertz CT molecular complexity index is 545. The number of nitrogens with one attached hydrogen (secondary N) is 1. The number of carbonyl (C=O) groups is 1. The highest BCUT2D eigenvalue weighted by atomic mass is 79.9. The average molecular weight is 392 g/mol. The Labute approximate surface area is 145 Å². The third-order valence-electron chi connectivity index (χ3n) is 4.73. The summed E-state index contributed by atoms with van der Waals surface area (Å²) in [6, 6.07) is 6.25. The summed E-state index contributed by atoms with van der Waals surface area (Å²) in [5, 5.41) is 3.59. The van der Waals surface area contributed by atoms with Crippen LogP contribution in [0.2, 0.25) is 0 Å². The Morgan fingerprint density at radius 1 is 1.36 bits per heavy atom. The van der Waals surface area contributed by atoms with Gasteiger partial charge in [0, 0.05) is 25.2 Å². The van der Waals surface area contributed by atoms with Crippen molar-refractivity contribution in [3.8, 4) is 0 Å². The summed E-state index contributed by atoms with van der Waals surface area (Å²) in [7, 11) is 1.90. The fourth-order valence-corrected chi connectivity index (χ4v) is 3.92. The first-order valence-corrected chi connectivity index (χ1v) is 8.28. The molecule has 0 saturated carbocycles. The molecule has 2 aliphatic heterocycles. The molecule has 0 aromatic heterocycles. The summed E-state index contributed by atoms with van der Waals surface area (Å²) < 4.78 is 13.6. The van der Waals surface area contributed by atoms with Crippen molar-refractivity contribution in [3.63, 3.8) is 0 Å². The van der Waals surface area contributed by atoms with Gasteiger partial charge in [0.25, 0.3) is 0 Å². The van der Waals surface area contributed by atoms with Crippen LogP contribution in [-0.4, -0.2) is 36.0 Å². The number of rotatable bonds is 3. The summed E-state index contributed by atoms with van der Waals surface area (Å²) in [5.41, 5.74) is 0.844. The molecule has 1 amide bonds. The normalized spacial score (nSPS) is 26.4. The smallest absolute Gasteiger partial charge is 0.226 e. The van der Waals surface area contributed by atoms with Crippen LogP contribution in [0.3, 0.4) is 0 Å². The second kappa shape index (κ2) is 7.28. The van der Waals surface area contributed by atoms with Gasteiger partial charge in [-0.15, -0.1) is 12.4 Å². The molecule has 0 radical (unpaired) electrons. The zero-order chi connectivity index (χ0) is 15.0. The number of fused-ring (bicyclic) bond motifs is 2. The van der Waals surface area contributed by atoms with E-state index in [0.717, 1.165) is 18.4 Å². The van der Waals surface area contributed by atoms with Crippen molar-refractivity contribution in [1.82, 2.24) is 10.2 Å². The van der Waals surface area contributed by atoms with Crippen LogP contribution in [0.4, 0.5) is 4.39 Å². The van der Waals surface area contributed by atoms with Gasteiger partial charge in [-0.1, -0.05) is 6.07 Å². The summed E-state index contributed by atoms with van der Waals surface area (Å²) in [4.78, 5) is 14.3. The Hall–Kier alpha value is -0.650. The molecule has 2 fully saturated rings. The number of likely N-dealkylation sites (N-methyl/N-ethyl adjacent to an activating group) is 1. The molecule has 3 nitrogen and oxygen atoms in total. The molecule has 6 heteroatoms. The van der Waals surface area contributed by atoms with Crippen LogP contribution >= 0.6 is 28.3 Å². The summed E-state index contributed by atoms with van der Waals surface area (Å²) in [5.74, 6) is -0.186. The molecule has 2 bridgehead atoms. The first-order chi connectivity index (χ1) is 10.0. The maximum atomic E-state index is 13.2. The summed E-state index contributed by atoms with van der Waals surface area (Å²) in [6.07, 6.45) is 4.88. The predicted molar refractivity (Wildman–Crippen MR) is 90.8 cm³/mol. The largest absolute Gasteiger partial charge is 0.342 e. The van der Waals surface area contributed by atoms with Crippen LogP contribution in [0.25, 0.3) is 0 Å². The van der Waals surface area contributed by atoms with Crippen LogP contribution < -0.4 is 5.32 Å². The number of carbonyl (C=O) groups excluding carboxylic acids is 1. The van der Waals surface area contributed by atoms with Crippen LogP contribution in [0.15, 0.2) is 22.7 Å². The molecule has 2 saturated heterocycles. The van der Waals surface area contributed by atoms with Gasteiger partial charge in [-0.2, -0.15) is 0 Å². The van der Waals surface area contributed by atoms with Gasteiger partial charge in [-0.05, 0) is 59.3 Å². The van der Waals surface area contributed by atoms with Crippen molar-refractivity contribution in [2.45, 2.75) is 50.2 Å². The minimum Gasteiger partial charge on any atom is -0.342 e. The summed E-state index contributed by atoms with van der Waals surface area (Å²) >= 11 is 3.17. The molecule has 22 heavy (non-hydrogen) atoms. The summed E-state index contributed by atoms with van der Waals surface area (Å²) in [6.45, 7) is 0. The average Bonchev–Trinajstić information content (AvgIpc) is 2.80. The van der Waals surface area contributed by atoms with E-state index in [0.29, 0.717) is 29.0 Å². The Morgan fingerprint density at radius 3 is 2.59 bits per heavy atom. The van der Waals surface area contributed by atoms with Crippen molar-refractivity contribution in [3.05, 3.63) is 34.1 Å². The number of piperidine rings is 1. The van der Waals surface area contributed by atoms with E-state index in [1.807, 2.05) is 11.9 Å². The maximum Gasteiger partial charge on any atom is 0.226 e. The third kappa shape index (κ3) is 3.81. The Kier molecular flexibility index (Phi) is 5.86. The molecule has 2 aliphatic rings. The molecule has 1 aromatic rings. The van der Waals surface area contributed by atoms with E-state index < -0.39 is 0 Å². The second-order valence-electron chi connectivity index (χ2n) is 6.19. The molecule has 2 unspecified atom stereocenters. The van der Waals surface area contributed by atoms with E-state index in [1.54, 1.807) is 12.1 Å². The number of benzene rings is 1. The molecule has 1 N–H and O–H groups in total. The van der Waals surface area contributed by atoms with E-state index in [9.17, 15) is 9.18 Å². The molecule has 0 aliphatic carbocycles. The van der Waals surface area contributed by atoms with Gasteiger partial charge in [-0.25, -0.2) is 4.39 Å². The van der Waals surface area contributed by atoms with Gasteiger partial charge < -0.3 is 10.2 Å². The van der Waals surface area contributed by atoms with E-state index in [1.165, 1.54) is 18.9 Å². The number of amides is 1. The van der Waals surface area contributed by atoms with Gasteiger partial charge in [0.05, 0.1) is 10.9 Å². The van der Waals surface area contributed by atoms with Crippen molar-refractivity contribution in [2.75, 3.05) is 7.05 Å². The first-order valence-electron chi connectivity index (χ1n) is 7.48. The highest BCUT2D eigenvalue weighted by Gasteiger charge is 2.36. The number of hydrogen-bond donors (Lipinski definition) is 1. The zero-order valence-corrected chi connectivity index (χ0v) is 14.9. The third-order valence-corrected chi connectivity index (χ3v) is 5.34. The predicted octanol–water partition coefficient (Wildman–Crippen LogP) is 3.29. The van der Waals surface area contributed by atoms with Crippen LogP contribution in [0, 0.1) is 5.82 Å². The van der Waals surface area contributed by atoms with Crippen LogP contribution in [0.5, 0.6) is 0 Å². The van der Waals surface area contributed by atoms with Crippen LogP contribution in [0.1, 0.15) is 31.2 Å². The lowest BCUT2D eigenvalue weighted by atomic mass is 9.98. The van der Waals surface area contributed by atoms with Gasteiger partial charge >= 0.3 is 0 Å². The standard InChI is InChI=1S/C16H20BrFN2O.ClH/c1-20(13-8-11-3-4-12(9-13)19-11)16(21)7-10-2-5-15(18)14(17)6-10;/h2,5-6,11-13,19H,3-4,7-9H2,1H3;1H. The van der Waals surface area contributed by atoms with Crippen LogP contribution in [-0.2, 0) is 11.2 Å². The minimum absolute atomic E-state index is 0. The lowest BCUT2D eigenvalue weighted by Crippen LogP contribution is -2.49. The van der Waals surface area contributed by atoms with Gasteiger partial charge in [0.15, 0.2) is 0 Å². The lowest BCUT2D eigenvalue weighted by molar-refractivity contribution is -0.131. The van der Waals surface area contributed by atoms with Crippen molar-refractivity contribution in [2.24, 2.45) is 0 Å². The second-order valence-corrected chi connectivity index (χ2v) is 7.05. The van der Waals surface area contributed by atoms with E-state index in [4.69, 9.17) is 0 Å². The Morgan fingerprint density at radius 2 is 2.00 bits per heavy atom. The minimum atomic E-state index is -0.297. The van der Waals surface area contributed by atoms with E-state index in [-0.39, 0.29) is 24.1 Å². The molecule has 0 spiro atoms. The molecular weight excluding hydrogens is 371 g/mol. The number of halogens is 3. The maximum absolute atomic E-state index is 13.2. The molecule has 122 valence electrons. The first kappa shape index (κ1) is 17.7. The fourth-order valence-electron chi connectivity index (χ4n) is 3.50. The van der Waals surface area contributed by atoms with E-state index >= 15 is 0 Å². The zero-order valence-electron chi connectivity index (χ0n) is 12.5. The highest BCUT2D eigenvalue weighted by molar-refractivity contribution is 9.10. The van der Waals surface area contributed by atoms with Crippen molar-refractivity contribution >= 4 is 34.2 Å². The van der Waals surface area contributed by atoms with Gasteiger partial charge in [0.2, 0.25) is 5.91 Å². The number of nitrogens with zero attached hydrogens (tertiary/aromatic N) is 1. The van der Waals surface area contributed by atoms with Crippen molar-refractivity contribution in [1.29, 1.82) is 0 Å². The monoisotopic (exact) mass is 390 g/mol. The molecule has 3 rings (SSSR count). The van der Waals surface area contributed by atoms with E-state index in [2.05, 4.69) is 21.2 Å². The molecule has 1 aromatic carbocycles. The molecular formula is C16H21BrClFN2O. The van der Waals surface area contributed by atoms with Crippen molar-refractivity contribution < 1.29 is 9.18 Å². The topological polar surface area (TPSA) is 32.3 Å².